The number of nitrogens with one attached hydrogen (secondary N) is 1. The van der Waals surface area contributed by atoms with E-state index in [0.29, 0.717) is 0 Å². The van der Waals surface area contributed by atoms with E-state index in [9.17, 15) is 4.79 Å². The monoisotopic (exact) mass is 372 g/mol. The van der Waals surface area contributed by atoms with Gasteiger partial charge in [0.2, 0.25) is 0 Å². The highest BCUT2D eigenvalue weighted by atomic mass is 16.1. The van der Waals surface area contributed by atoms with Gasteiger partial charge in [-0.15, -0.1) is 0 Å². The Morgan fingerprint density at radius 2 is 1.21 bits per heavy atom. The average molecular weight is 372 g/mol. The van der Waals surface area contributed by atoms with E-state index in [-0.39, 0.29) is 5.69 Å². The number of aromatic nitrogens is 2. The Morgan fingerprint density at radius 3 is 1.83 bits per heavy atom. The maximum absolute atomic E-state index is 12.0. The summed E-state index contributed by atoms with van der Waals surface area (Å²) in [5.41, 5.74) is 5.93. The van der Waals surface area contributed by atoms with Gasteiger partial charge in [0, 0.05) is 10.8 Å². The third-order valence-corrected chi connectivity index (χ3v) is 5.64. The fourth-order valence-electron chi connectivity index (χ4n) is 4.39. The van der Waals surface area contributed by atoms with Crippen molar-refractivity contribution >= 4 is 32.6 Å². The summed E-state index contributed by atoms with van der Waals surface area (Å²) in [5, 5.41) is 4.48. The Bertz CT molecular complexity index is 1440. The van der Waals surface area contributed by atoms with Crippen LogP contribution in [0, 0.1) is 0 Å². The molecule has 0 saturated heterocycles. The topological polar surface area (TPSA) is 45.8 Å². The molecule has 0 bridgehead atoms. The second-order valence-electron chi connectivity index (χ2n) is 7.29. The van der Waals surface area contributed by atoms with Gasteiger partial charge in [-0.3, -0.25) is 0 Å². The molecule has 0 aliphatic heterocycles. The quantitative estimate of drug-likeness (QED) is 0.379. The minimum Gasteiger partial charge on any atom is -0.305 e. The summed E-state index contributed by atoms with van der Waals surface area (Å²) in [6.07, 6.45) is 0. The molecule has 0 atom stereocenters. The molecular weight excluding hydrogens is 356 g/mol. The number of hydrogen-bond acceptors (Lipinski definition) is 2. The summed E-state index contributed by atoms with van der Waals surface area (Å²) in [4.78, 5) is 19.1. The molecule has 0 amide bonds. The zero-order valence-electron chi connectivity index (χ0n) is 15.5. The van der Waals surface area contributed by atoms with Crippen molar-refractivity contribution in [3.8, 4) is 22.3 Å². The molecule has 0 saturated carbocycles. The van der Waals surface area contributed by atoms with Crippen molar-refractivity contribution in [1.29, 1.82) is 0 Å². The van der Waals surface area contributed by atoms with Crippen LogP contribution in [0.15, 0.2) is 95.8 Å². The predicted molar refractivity (Wildman–Crippen MR) is 119 cm³/mol. The minimum atomic E-state index is -0.317. The van der Waals surface area contributed by atoms with Crippen LogP contribution in [-0.4, -0.2) is 9.97 Å². The Balaban J connectivity index is 1.87. The zero-order chi connectivity index (χ0) is 19.4. The van der Waals surface area contributed by atoms with Crippen molar-refractivity contribution in [2.24, 2.45) is 0 Å². The van der Waals surface area contributed by atoms with Crippen LogP contribution in [0.5, 0.6) is 0 Å². The normalized spacial score (nSPS) is 11.6. The predicted octanol–water partition coefficient (Wildman–Crippen LogP) is 6.00. The van der Waals surface area contributed by atoms with Gasteiger partial charge >= 0.3 is 5.69 Å². The van der Waals surface area contributed by atoms with Crippen molar-refractivity contribution in [3.05, 3.63) is 101 Å². The van der Waals surface area contributed by atoms with E-state index in [0.717, 1.165) is 32.6 Å². The second-order valence-corrected chi connectivity index (χ2v) is 7.29. The molecule has 0 aliphatic carbocycles. The van der Waals surface area contributed by atoms with E-state index in [1.54, 1.807) is 0 Å². The molecule has 0 radical (unpaired) electrons. The summed E-state index contributed by atoms with van der Waals surface area (Å²) in [6.45, 7) is 0. The maximum atomic E-state index is 12.0. The SMILES string of the molecule is O=c1nc2ccc3c(-c4ccccc4)cc(-c4ccccc4)c4ccc([nH]1)c2c34. The summed E-state index contributed by atoms with van der Waals surface area (Å²) in [6, 6.07) is 31.3. The van der Waals surface area contributed by atoms with Crippen LogP contribution >= 0.6 is 0 Å². The summed E-state index contributed by atoms with van der Waals surface area (Å²) < 4.78 is 0. The van der Waals surface area contributed by atoms with Crippen LogP contribution < -0.4 is 5.69 Å². The van der Waals surface area contributed by atoms with E-state index in [4.69, 9.17) is 0 Å². The molecule has 6 rings (SSSR count). The van der Waals surface area contributed by atoms with Gasteiger partial charge in [-0.2, -0.15) is 4.98 Å². The van der Waals surface area contributed by atoms with Crippen LogP contribution in [0.25, 0.3) is 54.8 Å². The maximum Gasteiger partial charge on any atom is 0.345 e. The van der Waals surface area contributed by atoms with Crippen molar-refractivity contribution in [2.75, 3.05) is 0 Å². The van der Waals surface area contributed by atoms with Crippen molar-refractivity contribution < 1.29 is 0 Å². The van der Waals surface area contributed by atoms with E-state index in [1.165, 1.54) is 22.3 Å². The van der Waals surface area contributed by atoms with Gasteiger partial charge in [-0.05, 0) is 51.2 Å². The van der Waals surface area contributed by atoms with Gasteiger partial charge in [-0.25, -0.2) is 4.79 Å². The van der Waals surface area contributed by atoms with Gasteiger partial charge in [0.15, 0.2) is 0 Å². The molecule has 0 fully saturated rings. The fourth-order valence-corrected chi connectivity index (χ4v) is 4.39. The molecular formula is C26H16N2O. The largest absolute Gasteiger partial charge is 0.345 e. The van der Waals surface area contributed by atoms with Crippen LogP contribution in [0.4, 0.5) is 0 Å². The first-order chi connectivity index (χ1) is 14.3. The van der Waals surface area contributed by atoms with Crippen molar-refractivity contribution in [3.63, 3.8) is 0 Å². The van der Waals surface area contributed by atoms with E-state index in [1.807, 2.05) is 24.3 Å². The molecule has 0 spiro atoms. The molecule has 5 aromatic carbocycles. The smallest absolute Gasteiger partial charge is 0.305 e. The number of benzene rings is 5. The van der Waals surface area contributed by atoms with Gasteiger partial charge in [0.25, 0.3) is 0 Å². The number of H-pyrrole nitrogens is 1. The lowest BCUT2D eigenvalue weighted by atomic mass is 9.87. The highest BCUT2D eigenvalue weighted by Crippen LogP contribution is 2.42. The Kier molecular flexibility index (Phi) is 3.32. The van der Waals surface area contributed by atoms with Crippen molar-refractivity contribution in [2.45, 2.75) is 0 Å². The molecule has 6 aromatic rings. The molecule has 3 nitrogen and oxygen atoms in total. The van der Waals surface area contributed by atoms with Gasteiger partial charge in [-0.1, -0.05) is 72.8 Å². The van der Waals surface area contributed by atoms with Crippen LogP contribution in [0.1, 0.15) is 0 Å². The van der Waals surface area contributed by atoms with E-state index >= 15 is 0 Å². The Hall–Kier alpha value is -3.98. The number of nitrogens with zero attached hydrogens (tertiary/aromatic N) is 1. The van der Waals surface area contributed by atoms with Gasteiger partial charge < -0.3 is 4.98 Å². The highest BCUT2D eigenvalue weighted by Gasteiger charge is 2.17. The fraction of sp³-hybridized carbons (Fsp3) is 0. The summed E-state index contributed by atoms with van der Waals surface area (Å²) >= 11 is 0. The zero-order valence-corrected chi connectivity index (χ0v) is 15.5. The molecule has 1 aromatic heterocycles. The average Bonchev–Trinajstić information content (AvgIpc) is 2.78. The Labute approximate surface area is 166 Å². The first-order valence-corrected chi connectivity index (χ1v) is 9.62. The molecule has 136 valence electrons. The first kappa shape index (κ1) is 16.0. The third kappa shape index (κ3) is 2.38. The van der Waals surface area contributed by atoms with Gasteiger partial charge in [0.05, 0.1) is 11.0 Å². The lowest BCUT2D eigenvalue weighted by Gasteiger charge is -2.17. The molecule has 0 unspecified atom stereocenters. The third-order valence-electron chi connectivity index (χ3n) is 5.64. The van der Waals surface area contributed by atoms with Crippen LogP contribution in [0.3, 0.4) is 0 Å². The lowest BCUT2D eigenvalue weighted by Crippen LogP contribution is -2.10. The first-order valence-electron chi connectivity index (χ1n) is 9.62. The molecule has 0 aliphatic rings. The highest BCUT2D eigenvalue weighted by molar-refractivity contribution is 6.26. The number of hydrogen-bond donors (Lipinski definition) is 1. The summed E-state index contributed by atoms with van der Waals surface area (Å²) in [5.74, 6) is 0. The minimum absolute atomic E-state index is 0.317. The molecule has 1 N–H and O–H groups in total. The Morgan fingerprint density at radius 1 is 0.621 bits per heavy atom. The number of rotatable bonds is 2. The van der Waals surface area contributed by atoms with Crippen molar-refractivity contribution in [1.82, 2.24) is 9.97 Å². The second kappa shape index (κ2) is 6.01. The van der Waals surface area contributed by atoms with Gasteiger partial charge in [0.1, 0.15) is 0 Å². The molecule has 3 heteroatoms. The van der Waals surface area contributed by atoms with E-state index < -0.39 is 0 Å². The van der Waals surface area contributed by atoms with Crippen LogP contribution in [0.2, 0.25) is 0 Å². The number of aromatic amines is 1. The van der Waals surface area contributed by atoms with E-state index in [2.05, 4.69) is 76.7 Å². The molecule has 1 heterocycles. The van der Waals surface area contributed by atoms with Crippen LogP contribution in [-0.2, 0) is 0 Å². The lowest BCUT2D eigenvalue weighted by molar-refractivity contribution is 1.15. The standard InChI is InChI=1S/C26H16N2O/c29-26-27-22-13-11-18-20(16-7-3-1-4-8-16)15-21(17-9-5-2-6-10-17)19-12-14-23(28-26)25(22)24(18)19/h1-15H,(H,27,28,29). The molecule has 29 heavy (non-hydrogen) atoms. The summed E-state index contributed by atoms with van der Waals surface area (Å²) in [7, 11) is 0.